The Balaban J connectivity index is 3.21. The Morgan fingerprint density at radius 3 is 1.87 bits per heavy atom. The van der Waals surface area contributed by atoms with Crippen LogP contribution in [0.5, 0.6) is 5.75 Å². The molecule has 1 aromatic carbocycles. The summed E-state index contributed by atoms with van der Waals surface area (Å²) in [6.45, 7) is 8.67. The molecule has 0 fully saturated rings. The molecule has 0 aromatic heterocycles. The van der Waals surface area contributed by atoms with Gasteiger partial charge >= 0.3 is 0 Å². The Morgan fingerprint density at radius 1 is 1.07 bits per heavy atom. The van der Waals surface area contributed by atoms with Gasteiger partial charge in [0.2, 0.25) is 0 Å². The standard InChI is InChI=1S/C13H19ClO/c1-9(2)11-6-5-7-12(10(3)4)13(11)15-8-14/h5-7,9-10H,8H2,1-4H3. The van der Waals surface area contributed by atoms with E-state index < -0.39 is 0 Å². The second-order valence-electron chi connectivity index (χ2n) is 4.33. The van der Waals surface area contributed by atoms with Gasteiger partial charge in [0, 0.05) is 0 Å². The number of hydrogen-bond donors (Lipinski definition) is 0. The van der Waals surface area contributed by atoms with Gasteiger partial charge in [-0.2, -0.15) is 0 Å². The van der Waals surface area contributed by atoms with Crippen LogP contribution in [0, 0.1) is 0 Å². The molecule has 1 nitrogen and oxygen atoms in total. The summed E-state index contributed by atoms with van der Waals surface area (Å²) in [5.74, 6) is 1.89. The van der Waals surface area contributed by atoms with Crippen molar-refractivity contribution in [3.05, 3.63) is 29.3 Å². The first-order valence-corrected chi connectivity index (χ1v) is 5.93. The summed E-state index contributed by atoms with van der Waals surface area (Å²) in [6.07, 6.45) is 0. The molecule has 0 radical (unpaired) electrons. The Morgan fingerprint density at radius 2 is 1.53 bits per heavy atom. The van der Waals surface area contributed by atoms with Crippen LogP contribution in [0.3, 0.4) is 0 Å². The maximum atomic E-state index is 5.67. The SMILES string of the molecule is CC(C)c1cccc(C(C)C)c1OCCl. The molecule has 0 bridgehead atoms. The van der Waals surface area contributed by atoms with Crippen LogP contribution in [-0.4, -0.2) is 6.07 Å². The first-order valence-electron chi connectivity index (χ1n) is 5.39. The number of ether oxygens (including phenoxy) is 1. The summed E-state index contributed by atoms with van der Waals surface area (Å²) in [5, 5.41) is 0. The van der Waals surface area contributed by atoms with Gasteiger partial charge in [0.1, 0.15) is 5.75 Å². The quantitative estimate of drug-likeness (QED) is 0.687. The van der Waals surface area contributed by atoms with Crippen molar-refractivity contribution in [2.75, 3.05) is 6.07 Å². The summed E-state index contributed by atoms with van der Waals surface area (Å²) in [4.78, 5) is 0. The maximum absolute atomic E-state index is 5.67. The smallest absolute Gasteiger partial charge is 0.162 e. The van der Waals surface area contributed by atoms with Gasteiger partial charge in [-0.25, -0.2) is 0 Å². The Hall–Kier alpha value is -0.690. The summed E-state index contributed by atoms with van der Waals surface area (Å²) in [6, 6.07) is 6.52. The minimum atomic E-state index is 0.212. The molecular formula is C13H19ClO. The number of hydrogen-bond acceptors (Lipinski definition) is 1. The molecule has 0 heterocycles. The van der Waals surface area contributed by atoms with E-state index in [4.69, 9.17) is 16.3 Å². The second kappa shape index (κ2) is 5.41. The Kier molecular flexibility index (Phi) is 4.46. The number of halogens is 1. The molecule has 0 saturated heterocycles. The predicted molar refractivity (Wildman–Crippen MR) is 66.0 cm³/mol. The molecule has 0 atom stereocenters. The van der Waals surface area contributed by atoms with Crippen LogP contribution < -0.4 is 4.74 Å². The molecule has 2 heteroatoms. The number of benzene rings is 1. The Labute approximate surface area is 97.4 Å². The number of alkyl halides is 1. The van der Waals surface area contributed by atoms with Gasteiger partial charge in [0.25, 0.3) is 0 Å². The van der Waals surface area contributed by atoms with Crippen LogP contribution in [0.4, 0.5) is 0 Å². The van der Waals surface area contributed by atoms with Crippen molar-refractivity contribution in [2.45, 2.75) is 39.5 Å². The monoisotopic (exact) mass is 226 g/mol. The summed E-state index contributed by atoms with van der Waals surface area (Å²) < 4.78 is 5.56. The summed E-state index contributed by atoms with van der Waals surface area (Å²) in [7, 11) is 0. The number of para-hydroxylation sites is 1. The molecule has 0 saturated carbocycles. The zero-order valence-corrected chi connectivity index (χ0v) is 10.6. The zero-order chi connectivity index (χ0) is 11.4. The highest BCUT2D eigenvalue weighted by molar-refractivity contribution is 6.17. The van der Waals surface area contributed by atoms with Crippen molar-refractivity contribution in [3.63, 3.8) is 0 Å². The van der Waals surface area contributed by atoms with Crippen molar-refractivity contribution < 1.29 is 4.74 Å². The molecule has 1 aromatic rings. The second-order valence-corrected chi connectivity index (χ2v) is 4.55. The molecular weight excluding hydrogens is 208 g/mol. The van der Waals surface area contributed by atoms with E-state index in [1.807, 2.05) is 0 Å². The van der Waals surface area contributed by atoms with Crippen LogP contribution in [0.15, 0.2) is 18.2 Å². The van der Waals surface area contributed by atoms with Gasteiger partial charge in [-0.15, -0.1) is 0 Å². The van der Waals surface area contributed by atoms with Gasteiger partial charge < -0.3 is 4.74 Å². The molecule has 0 amide bonds. The van der Waals surface area contributed by atoms with Gasteiger partial charge in [0.05, 0.1) is 0 Å². The van der Waals surface area contributed by atoms with E-state index in [2.05, 4.69) is 45.9 Å². The average molecular weight is 227 g/mol. The van der Waals surface area contributed by atoms with Gasteiger partial charge in [0.15, 0.2) is 6.07 Å². The highest BCUT2D eigenvalue weighted by Gasteiger charge is 2.14. The van der Waals surface area contributed by atoms with Crippen LogP contribution in [0.25, 0.3) is 0 Å². The molecule has 0 aliphatic heterocycles. The molecule has 0 aliphatic carbocycles. The maximum Gasteiger partial charge on any atom is 0.162 e. The molecule has 0 unspecified atom stereocenters. The first kappa shape index (κ1) is 12.4. The fraction of sp³-hybridized carbons (Fsp3) is 0.538. The van der Waals surface area contributed by atoms with Gasteiger partial charge in [-0.3, -0.25) is 0 Å². The first-order chi connectivity index (χ1) is 7.07. The van der Waals surface area contributed by atoms with Gasteiger partial charge in [-0.05, 0) is 23.0 Å². The van der Waals surface area contributed by atoms with Crippen LogP contribution in [0.1, 0.15) is 50.7 Å². The van der Waals surface area contributed by atoms with E-state index in [1.165, 1.54) is 11.1 Å². The van der Waals surface area contributed by atoms with Gasteiger partial charge in [-0.1, -0.05) is 57.5 Å². The van der Waals surface area contributed by atoms with Crippen LogP contribution in [-0.2, 0) is 0 Å². The topological polar surface area (TPSA) is 9.23 Å². The number of rotatable bonds is 4. The van der Waals surface area contributed by atoms with E-state index >= 15 is 0 Å². The zero-order valence-electron chi connectivity index (χ0n) is 9.88. The van der Waals surface area contributed by atoms with E-state index in [0.717, 1.165) is 5.75 Å². The lowest BCUT2D eigenvalue weighted by Gasteiger charge is -2.18. The average Bonchev–Trinajstić information content (AvgIpc) is 2.17. The minimum Gasteiger partial charge on any atom is -0.477 e. The molecule has 15 heavy (non-hydrogen) atoms. The molecule has 0 N–H and O–H groups in total. The summed E-state index contributed by atoms with van der Waals surface area (Å²) >= 11 is 5.67. The highest BCUT2D eigenvalue weighted by atomic mass is 35.5. The third-order valence-electron chi connectivity index (χ3n) is 2.52. The lowest BCUT2D eigenvalue weighted by atomic mass is 9.94. The van der Waals surface area contributed by atoms with Crippen molar-refractivity contribution in [1.29, 1.82) is 0 Å². The predicted octanol–water partition coefficient (Wildman–Crippen LogP) is 4.51. The fourth-order valence-corrected chi connectivity index (χ4v) is 1.81. The molecule has 1 rings (SSSR count). The van der Waals surface area contributed by atoms with E-state index in [-0.39, 0.29) is 6.07 Å². The fourth-order valence-electron chi connectivity index (χ4n) is 1.70. The van der Waals surface area contributed by atoms with Crippen molar-refractivity contribution in [2.24, 2.45) is 0 Å². The van der Waals surface area contributed by atoms with Crippen molar-refractivity contribution >= 4 is 11.6 Å². The third kappa shape index (κ3) is 2.88. The van der Waals surface area contributed by atoms with Crippen LogP contribution >= 0.6 is 11.6 Å². The lowest BCUT2D eigenvalue weighted by molar-refractivity contribution is 0.375. The third-order valence-corrected chi connectivity index (χ3v) is 2.63. The van der Waals surface area contributed by atoms with Crippen LogP contribution in [0.2, 0.25) is 0 Å². The van der Waals surface area contributed by atoms with Crippen molar-refractivity contribution in [3.8, 4) is 5.75 Å². The highest BCUT2D eigenvalue weighted by Crippen LogP contribution is 2.34. The molecule has 0 spiro atoms. The largest absolute Gasteiger partial charge is 0.477 e. The van der Waals surface area contributed by atoms with E-state index in [9.17, 15) is 0 Å². The van der Waals surface area contributed by atoms with E-state index in [1.54, 1.807) is 0 Å². The van der Waals surface area contributed by atoms with E-state index in [0.29, 0.717) is 11.8 Å². The summed E-state index contributed by atoms with van der Waals surface area (Å²) in [5.41, 5.74) is 2.48. The normalized spacial score (nSPS) is 11.1. The minimum absolute atomic E-state index is 0.212. The lowest BCUT2D eigenvalue weighted by Crippen LogP contribution is -2.02. The van der Waals surface area contributed by atoms with Crippen molar-refractivity contribution in [1.82, 2.24) is 0 Å². The molecule has 0 aliphatic rings. The Bertz CT molecular complexity index is 292. The molecule has 84 valence electrons.